The number of amides is 5. The lowest BCUT2D eigenvalue weighted by atomic mass is 9.99. The van der Waals surface area contributed by atoms with E-state index >= 15 is 0 Å². The van der Waals surface area contributed by atoms with E-state index in [0.717, 1.165) is 10.8 Å². The minimum Gasteiger partial charge on any atom is -0.485 e. The van der Waals surface area contributed by atoms with Crippen LogP contribution in [0.1, 0.15) is 35.7 Å². The van der Waals surface area contributed by atoms with Gasteiger partial charge in [0.1, 0.15) is 17.5 Å². The molecule has 4 N–H and O–H groups in total. The lowest BCUT2D eigenvalue weighted by molar-refractivity contribution is 0.0373. The smallest absolute Gasteiger partial charge is 0.323 e. The molecule has 0 aliphatic carbocycles. The maximum Gasteiger partial charge on any atom is 0.323 e. The van der Waals surface area contributed by atoms with Crippen molar-refractivity contribution in [2.75, 3.05) is 42.7 Å². The van der Waals surface area contributed by atoms with E-state index in [0.29, 0.717) is 22.8 Å². The molecule has 0 saturated carbocycles. The van der Waals surface area contributed by atoms with E-state index in [9.17, 15) is 19.5 Å². The van der Waals surface area contributed by atoms with Crippen LogP contribution in [0, 0.1) is 19.8 Å². The molecular weight excluding hydrogens is 576 g/mol. The number of urea groups is 2. The second kappa shape index (κ2) is 13.3. The summed E-state index contributed by atoms with van der Waals surface area (Å²) in [5.74, 6) is 0.0255. The number of carbonyl (C=O) groups is 3. The van der Waals surface area contributed by atoms with E-state index in [1.165, 1.54) is 4.90 Å². The molecule has 0 saturated heterocycles. The van der Waals surface area contributed by atoms with Crippen LogP contribution < -0.4 is 20.7 Å². The normalized spacial score (nSPS) is 17.0. The minimum absolute atomic E-state index is 0.172. The van der Waals surface area contributed by atoms with Crippen molar-refractivity contribution in [1.82, 2.24) is 15.0 Å². The topological polar surface area (TPSA) is 149 Å². The molecule has 3 aromatic carbocycles. The summed E-state index contributed by atoms with van der Waals surface area (Å²) in [6.07, 6.45) is -0.581. The highest BCUT2D eigenvalue weighted by molar-refractivity contribution is 6.05. The second-order valence-electron chi connectivity index (χ2n) is 11.4. The first-order valence-corrected chi connectivity index (χ1v) is 14.8. The Hall–Kier alpha value is -5.10. The molecule has 0 unspecified atom stereocenters. The van der Waals surface area contributed by atoms with Crippen molar-refractivity contribution < 1.29 is 28.8 Å². The number of hydrogen-bond acceptors (Lipinski definition) is 7. The number of aryl methyl sites for hydroxylation is 2. The number of para-hydroxylation sites is 1. The van der Waals surface area contributed by atoms with Gasteiger partial charge in [0.05, 0.1) is 36.1 Å². The summed E-state index contributed by atoms with van der Waals surface area (Å²) < 4.78 is 11.7. The maximum atomic E-state index is 13.8. The Morgan fingerprint density at radius 1 is 1.04 bits per heavy atom. The van der Waals surface area contributed by atoms with Crippen LogP contribution in [0.2, 0.25) is 0 Å². The fourth-order valence-electron chi connectivity index (χ4n) is 5.39. The van der Waals surface area contributed by atoms with Crippen LogP contribution >= 0.6 is 0 Å². The highest BCUT2D eigenvalue weighted by atomic mass is 16.5. The number of rotatable bonds is 7. The molecule has 1 aromatic heterocycles. The third-order valence-corrected chi connectivity index (χ3v) is 8.04. The van der Waals surface area contributed by atoms with E-state index in [-0.39, 0.29) is 54.6 Å². The van der Waals surface area contributed by atoms with E-state index in [4.69, 9.17) is 9.26 Å². The Morgan fingerprint density at radius 3 is 2.49 bits per heavy atom. The average molecular weight is 615 g/mol. The summed E-state index contributed by atoms with van der Waals surface area (Å²) >= 11 is 0. The van der Waals surface area contributed by atoms with Crippen LogP contribution in [0.15, 0.2) is 65.2 Å². The molecule has 1 aliphatic rings. The molecule has 236 valence electrons. The molecule has 0 spiro atoms. The number of likely N-dealkylation sites (N-methyl/N-ethyl adjacent to an activating group) is 1. The lowest BCUT2D eigenvalue weighted by Gasteiger charge is -2.38. The average Bonchev–Trinajstić information content (AvgIpc) is 3.34. The predicted molar refractivity (Wildman–Crippen MR) is 172 cm³/mol. The van der Waals surface area contributed by atoms with Crippen molar-refractivity contribution in [3.05, 3.63) is 77.7 Å². The maximum absolute atomic E-state index is 13.8. The second-order valence-corrected chi connectivity index (χ2v) is 11.4. The van der Waals surface area contributed by atoms with Gasteiger partial charge >= 0.3 is 12.1 Å². The minimum atomic E-state index is -0.581. The molecule has 4 aromatic rings. The Labute approximate surface area is 261 Å². The lowest BCUT2D eigenvalue weighted by Crippen LogP contribution is -2.50. The Morgan fingerprint density at radius 2 is 1.76 bits per heavy atom. The number of anilines is 3. The largest absolute Gasteiger partial charge is 0.485 e. The highest BCUT2D eigenvalue weighted by Crippen LogP contribution is 2.35. The van der Waals surface area contributed by atoms with Gasteiger partial charge in [-0.2, -0.15) is 0 Å². The van der Waals surface area contributed by atoms with Gasteiger partial charge in [-0.05, 0) is 44.4 Å². The van der Waals surface area contributed by atoms with Crippen LogP contribution in [0.3, 0.4) is 0 Å². The van der Waals surface area contributed by atoms with Gasteiger partial charge < -0.3 is 40.1 Å². The van der Waals surface area contributed by atoms with Crippen molar-refractivity contribution in [2.24, 2.45) is 5.92 Å². The zero-order valence-corrected chi connectivity index (χ0v) is 26.0. The molecule has 0 radical (unpaired) electrons. The van der Waals surface area contributed by atoms with Gasteiger partial charge in [0.25, 0.3) is 5.91 Å². The predicted octanol–water partition coefficient (Wildman–Crippen LogP) is 5.47. The molecule has 12 nitrogen and oxygen atoms in total. The van der Waals surface area contributed by atoms with Gasteiger partial charge in [-0.1, -0.05) is 54.5 Å². The van der Waals surface area contributed by atoms with Gasteiger partial charge in [0.2, 0.25) is 0 Å². The number of fused-ring (bicyclic) bond motifs is 2. The van der Waals surface area contributed by atoms with Crippen LogP contribution in [-0.4, -0.2) is 76.9 Å². The molecule has 3 atom stereocenters. The number of nitrogens with zero attached hydrogens (tertiary/aromatic N) is 3. The standard InChI is InChI=1S/C33H38N6O6/c1-19-16-39(20(2)18-40)31(41)25-13-9-15-27(34-32(42)36-29-21(3)37-45-22(29)4)30(25)44-28(19)17-38(5)33(43)35-26-14-8-11-23-10-6-7-12-24(23)26/h6-15,19-20,28,40H,16-18H2,1-5H3,(H,35,43)(H2,34,36,42)/t19-,20-,28+/m0/s1. The van der Waals surface area contributed by atoms with Crippen LogP contribution in [-0.2, 0) is 0 Å². The zero-order chi connectivity index (χ0) is 32.2. The fourth-order valence-corrected chi connectivity index (χ4v) is 5.39. The summed E-state index contributed by atoms with van der Waals surface area (Å²) in [7, 11) is 1.68. The summed E-state index contributed by atoms with van der Waals surface area (Å²) in [4.78, 5) is 43.4. The molecule has 1 aliphatic heterocycles. The summed E-state index contributed by atoms with van der Waals surface area (Å²) in [6, 6.07) is 17.1. The number of ether oxygens (including phenoxy) is 1. The van der Waals surface area contributed by atoms with Gasteiger partial charge in [-0.3, -0.25) is 4.79 Å². The number of aliphatic hydroxyl groups excluding tert-OH is 1. The van der Waals surface area contributed by atoms with Gasteiger partial charge in [0, 0.05) is 24.9 Å². The van der Waals surface area contributed by atoms with Crippen molar-refractivity contribution in [1.29, 1.82) is 0 Å². The van der Waals surface area contributed by atoms with Crippen molar-refractivity contribution in [3.63, 3.8) is 0 Å². The van der Waals surface area contributed by atoms with Crippen molar-refractivity contribution >= 4 is 45.8 Å². The fraction of sp³-hybridized carbons (Fsp3) is 0.333. The molecular formula is C33H38N6O6. The Bertz CT molecular complexity index is 1700. The number of carbonyl (C=O) groups excluding carboxylic acids is 3. The number of nitrogens with one attached hydrogen (secondary N) is 3. The van der Waals surface area contributed by atoms with Gasteiger partial charge in [-0.15, -0.1) is 0 Å². The Kier molecular flexibility index (Phi) is 9.24. The summed E-state index contributed by atoms with van der Waals surface area (Å²) in [5, 5.41) is 24.3. The molecule has 5 rings (SSSR count). The van der Waals surface area contributed by atoms with Crippen molar-refractivity contribution in [2.45, 2.75) is 39.8 Å². The molecule has 5 amide bonds. The monoisotopic (exact) mass is 614 g/mol. The van der Waals surface area contributed by atoms with E-state index < -0.39 is 18.2 Å². The van der Waals surface area contributed by atoms with E-state index in [1.807, 2.05) is 49.4 Å². The molecule has 45 heavy (non-hydrogen) atoms. The van der Waals surface area contributed by atoms with Crippen molar-refractivity contribution in [3.8, 4) is 5.75 Å². The first-order valence-electron chi connectivity index (χ1n) is 14.8. The molecule has 2 heterocycles. The molecule has 0 bridgehead atoms. The number of aliphatic hydroxyl groups is 1. The van der Waals surface area contributed by atoms with Crippen LogP contribution in [0.4, 0.5) is 26.7 Å². The third-order valence-electron chi connectivity index (χ3n) is 8.04. The third kappa shape index (κ3) is 6.70. The van der Waals surface area contributed by atoms with Crippen LogP contribution in [0.25, 0.3) is 10.8 Å². The van der Waals surface area contributed by atoms with Gasteiger partial charge in [0.15, 0.2) is 11.5 Å². The summed E-state index contributed by atoms with van der Waals surface area (Å²) in [6.45, 7) is 7.32. The molecule has 0 fully saturated rings. The van der Waals surface area contributed by atoms with E-state index in [1.54, 1.807) is 50.9 Å². The quantitative estimate of drug-likeness (QED) is 0.216. The first-order chi connectivity index (χ1) is 21.6. The summed E-state index contributed by atoms with van der Waals surface area (Å²) in [5.41, 5.74) is 2.14. The number of hydrogen-bond donors (Lipinski definition) is 4. The van der Waals surface area contributed by atoms with Gasteiger partial charge in [-0.25, -0.2) is 9.59 Å². The molecule has 12 heteroatoms. The SMILES string of the molecule is Cc1noc(C)c1NC(=O)Nc1cccc2c1O[C@H](CN(C)C(=O)Nc1cccc3ccccc13)[C@@H](C)CN([C@@H](C)CO)C2=O. The van der Waals surface area contributed by atoms with Crippen LogP contribution in [0.5, 0.6) is 5.75 Å². The number of aromatic nitrogens is 1. The number of benzene rings is 3. The van der Waals surface area contributed by atoms with E-state index in [2.05, 4.69) is 21.1 Å². The zero-order valence-electron chi connectivity index (χ0n) is 26.0. The highest BCUT2D eigenvalue weighted by Gasteiger charge is 2.35. The Balaban J connectivity index is 1.42. The first kappa shape index (κ1) is 31.3.